The molecular weight excluding hydrogens is 385 g/mol. The highest BCUT2D eigenvalue weighted by molar-refractivity contribution is 6.31. The maximum absolute atomic E-state index is 6.38. The molecule has 3 aromatic carbocycles. The largest absolute Gasteiger partial charge is 0.260 e. The topological polar surface area (TPSA) is 12.4 Å². The van der Waals surface area contributed by atoms with E-state index in [4.69, 9.17) is 28.2 Å². The van der Waals surface area contributed by atoms with E-state index in [9.17, 15) is 0 Å². The van der Waals surface area contributed by atoms with Crippen LogP contribution in [0, 0.1) is 0 Å². The standard InChI is InChI=1S/C25H21Cl2N/c26-19-9-4-8-18(14-19)22-11-5-10-21(17-6-2-1-3-7-17)25(22)16-28-24-15-20(27)12-13-23(24)25/h1-4,6-9,12-16,21-22H,5,10-11H2. The summed E-state index contributed by atoms with van der Waals surface area (Å²) in [4.78, 5) is 4.87. The van der Waals surface area contributed by atoms with Crippen LogP contribution in [0.15, 0.2) is 77.8 Å². The molecule has 0 N–H and O–H groups in total. The number of hydrogen-bond donors (Lipinski definition) is 0. The Balaban J connectivity index is 1.74. The Morgan fingerprint density at radius 1 is 0.750 bits per heavy atom. The molecule has 140 valence electrons. The predicted molar refractivity (Wildman–Crippen MR) is 119 cm³/mol. The van der Waals surface area contributed by atoms with Crippen LogP contribution in [-0.4, -0.2) is 6.21 Å². The molecular formula is C25H21Cl2N. The minimum atomic E-state index is -0.176. The molecule has 3 atom stereocenters. The van der Waals surface area contributed by atoms with Gasteiger partial charge in [0, 0.05) is 21.7 Å². The van der Waals surface area contributed by atoms with Gasteiger partial charge in [-0.25, -0.2) is 0 Å². The van der Waals surface area contributed by atoms with E-state index >= 15 is 0 Å². The second-order valence-corrected chi connectivity index (χ2v) is 8.73. The first-order chi connectivity index (χ1) is 13.7. The smallest absolute Gasteiger partial charge is 0.0682 e. The molecule has 0 aromatic heterocycles. The summed E-state index contributed by atoms with van der Waals surface area (Å²) in [6, 6.07) is 25.4. The molecule has 1 spiro atoms. The van der Waals surface area contributed by atoms with Gasteiger partial charge in [-0.2, -0.15) is 0 Å². The fourth-order valence-electron chi connectivity index (χ4n) is 5.32. The molecule has 1 aliphatic carbocycles. The van der Waals surface area contributed by atoms with Crippen LogP contribution in [0.3, 0.4) is 0 Å². The summed E-state index contributed by atoms with van der Waals surface area (Å²) in [6.45, 7) is 0. The second kappa shape index (κ2) is 7.06. The van der Waals surface area contributed by atoms with Crippen molar-refractivity contribution in [3.8, 4) is 0 Å². The van der Waals surface area contributed by atoms with Crippen LogP contribution in [0.5, 0.6) is 0 Å². The van der Waals surface area contributed by atoms with Gasteiger partial charge in [-0.05, 0) is 65.6 Å². The van der Waals surface area contributed by atoms with Crippen LogP contribution in [0.2, 0.25) is 10.0 Å². The summed E-state index contributed by atoms with van der Waals surface area (Å²) in [5.41, 5.74) is 4.79. The fraction of sp³-hybridized carbons (Fsp3) is 0.240. The normalized spacial score (nSPS) is 25.8. The lowest BCUT2D eigenvalue weighted by Crippen LogP contribution is -2.42. The molecule has 0 amide bonds. The van der Waals surface area contributed by atoms with Crippen molar-refractivity contribution in [1.29, 1.82) is 0 Å². The van der Waals surface area contributed by atoms with Crippen molar-refractivity contribution < 1.29 is 0 Å². The lowest BCUT2D eigenvalue weighted by Gasteiger charge is -2.47. The second-order valence-electron chi connectivity index (χ2n) is 7.85. The van der Waals surface area contributed by atoms with Crippen LogP contribution in [0.1, 0.15) is 47.8 Å². The molecule has 3 heteroatoms. The highest BCUT2D eigenvalue weighted by atomic mass is 35.5. The maximum atomic E-state index is 6.38. The van der Waals surface area contributed by atoms with Gasteiger partial charge >= 0.3 is 0 Å². The van der Waals surface area contributed by atoms with Gasteiger partial charge in [0.05, 0.1) is 5.69 Å². The molecule has 0 saturated heterocycles. The van der Waals surface area contributed by atoms with Gasteiger partial charge in [0.1, 0.15) is 0 Å². The third-order valence-corrected chi connectivity index (χ3v) is 6.91. The van der Waals surface area contributed by atoms with Gasteiger partial charge in [0.2, 0.25) is 0 Å². The zero-order chi connectivity index (χ0) is 19.1. The van der Waals surface area contributed by atoms with Crippen molar-refractivity contribution in [2.45, 2.75) is 36.5 Å². The molecule has 2 aliphatic rings. The van der Waals surface area contributed by atoms with E-state index in [-0.39, 0.29) is 5.41 Å². The summed E-state index contributed by atoms with van der Waals surface area (Å²) in [6.07, 6.45) is 5.67. The van der Waals surface area contributed by atoms with Crippen molar-refractivity contribution in [2.24, 2.45) is 4.99 Å². The Morgan fingerprint density at radius 3 is 2.25 bits per heavy atom. The maximum Gasteiger partial charge on any atom is 0.0682 e. The first kappa shape index (κ1) is 18.0. The van der Waals surface area contributed by atoms with Crippen LogP contribution in [0.4, 0.5) is 5.69 Å². The first-order valence-electron chi connectivity index (χ1n) is 9.84. The van der Waals surface area contributed by atoms with Gasteiger partial charge in [-0.3, -0.25) is 4.99 Å². The molecule has 1 aliphatic heterocycles. The zero-order valence-corrected chi connectivity index (χ0v) is 17.0. The number of hydrogen-bond acceptors (Lipinski definition) is 1. The van der Waals surface area contributed by atoms with E-state index in [0.717, 1.165) is 28.6 Å². The number of nitrogens with zero attached hydrogens (tertiary/aromatic N) is 1. The lowest BCUT2D eigenvalue weighted by molar-refractivity contribution is 0.290. The number of aliphatic imine (C=N–C) groups is 1. The Hall–Kier alpha value is -2.09. The van der Waals surface area contributed by atoms with Crippen LogP contribution >= 0.6 is 23.2 Å². The summed E-state index contributed by atoms with van der Waals surface area (Å²) in [5, 5.41) is 1.53. The van der Waals surface area contributed by atoms with E-state index < -0.39 is 0 Å². The molecule has 5 rings (SSSR count). The lowest BCUT2D eigenvalue weighted by atomic mass is 9.55. The van der Waals surface area contributed by atoms with E-state index in [1.165, 1.54) is 23.1 Å². The van der Waals surface area contributed by atoms with Gasteiger partial charge in [0.15, 0.2) is 0 Å². The predicted octanol–water partition coefficient (Wildman–Crippen LogP) is 7.70. The molecule has 28 heavy (non-hydrogen) atoms. The Labute approximate surface area is 176 Å². The summed E-state index contributed by atoms with van der Waals surface area (Å²) < 4.78 is 0. The molecule has 1 heterocycles. The number of fused-ring (bicyclic) bond motifs is 2. The van der Waals surface area contributed by atoms with E-state index in [1.807, 2.05) is 18.2 Å². The number of halogens is 2. The highest BCUT2D eigenvalue weighted by Crippen LogP contribution is 2.59. The van der Waals surface area contributed by atoms with Crippen molar-refractivity contribution >= 4 is 35.1 Å². The average molecular weight is 406 g/mol. The highest BCUT2D eigenvalue weighted by Gasteiger charge is 2.52. The summed E-state index contributed by atoms with van der Waals surface area (Å²) >= 11 is 12.7. The minimum absolute atomic E-state index is 0.176. The third-order valence-electron chi connectivity index (χ3n) is 6.44. The first-order valence-corrected chi connectivity index (χ1v) is 10.6. The monoisotopic (exact) mass is 405 g/mol. The van der Waals surface area contributed by atoms with Crippen LogP contribution in [0.25, 0.3) is 0 Å². The van der Waals surface area contributed by atoms with Gasteiger partial charge in [-0.1, -0.05) is 78.2 Å². The fourth-order valence-corrected chi connectivity index (χ4v) is 5.68. The van der Waals surface area contributed by atoms with Gasteiger partial charge in [0.25, 0.3) is 0 Å². The number of rotatable bonds is 2. The van der Waals surface area contributed by atoms with E-state index in [2.05, 4.69) is 60.8 Å². The Bertz CT molecular complexity index is 1040. The van der Waals surface area contributed by atoms with Crippen molar-refractivity contribution in [3.63, 3.8) is 0 Å². The minimum Gasteiger partial charge on any atom is -0.260 e. The SMILES string of the molecule is Clc1cccc(C2CCCC(c3ccccc3)C23C=Nc2cc(Cl)ccc23)c1. The van der Waals surface area contributed by atoms with Crippen LogP contribution in [-0.2, 0) is 5.41 Å². The zero-order valence-electron chi connectivity index (χ0n) is 15.5. The number of benzene rings is 3. The molecule has 1 nitrogen and oxygen atoms in total. The molecule has 0 radical (unpaired) electrons. The molecule has 3 aromatic rings. The van der Waals surface area contributed by atoms with Crippen molar-refractivity contribution in [2.75, 3.05) is 0 Å². The third kappa shape index (κ3) is 2.80. The van der Waals surface area contributed by atoms with Crippen molar-refractivity contribution in [1.82, 2.24) is 0 Å². The Morgan fingerprint density at radius 2 is 1.46 bits per heavy atom. The molecule has 1 saturated carbocycles. The summed E-state index contributed by atoms with van der Waals surface area (Å²) in [5.74, 6) is 0.703. The average Bonchev–Trinajstić information content (AvgIpc) is 3.07. The van der Waals surface area contributed by atoms with Gasteiger partial charge < -0.3 is 0 Å². The van der Waals surface area contributed by atoms with Crippen molar-refractivity contribution in [3.05, 3.63) is 99.5 Å². The van der Waals surface area contributed by atoms with Crippen LogP contribution < -0.4 is 0 Å². The van der Waals surface area contributed by atoms with E-state index in [1.54, 1.807) is 0 Å². The molecule has 3 unspecified atom stereocenters. The molecule has 1 fully saturated rings. The quantitative estimate of drug-likeness (QED) is 0.414. The van der Waals surface area contributed by atoms with E-state index in [0.29, 0.717) is 11.8 Å². The van der Waals surface area contributed by atoms with Gasteiger partial charge in [-0.15, -0.1) is 0 Å². The molecule has 0 bridgehead atoms. The Kier molecular flexibility index (Phi) is 4.53. The summed E-state index contributed by atoms with van der Waals surface area (Å²) in [7, 11) is 0.